The number of ether oxygens (including phenoxy) is 3. The Morgan fingerprint density at radius 1 is 1.12 bits per heavy atom. The summed E-state index contributed by atoms with van der Waals surface area (Å²) in [6.45, 7) is 4.18. The SMILES string of the molecule is COc1cc(/C=C2/SC(N3CCC(C)CC3)=NC2=O)cc(OC)c1OC. The van der Waals surface area contributed by atoms with E-state index in [1.54, 1.807) is 21.3 Å². The summed E-state index contributed by atoms with van der Waals surface area (Å²) in [5.41, 5.74) is 0.805. The second-order valence-corrected chi connectivity index (χ2v) is 7.45. The van der Waals surface area contributed by atoms with Crippen LogP contribution in [0.3, 0.4) is 0 Å². The van der Waals surface area contributed by atoms with Gasteiger partial charge in [0, 0.05) is 13.1 Å². The van der Waals surface area contributed by atoms with Crippen LogP contribution >= 0.6 is 11.8 Å². The van der Waals surface area contributed by atoms with Crippen LogP contribution in [0.1, 0.15) is 25.3 Å². The molecule has 0 aliphatic carbocycles. The third kappa shape index (κ3) is 3.82. The number of likely N-dealkylation sites (tertiary alicyclic amines) is 1. The molecule has 2 aliphatic rings. The molecule has 7 heteroatoms. The summed E-state index contributed by atoms with van der Waals surface area (Å²) in [6, 6.07) is 3.64. The maximum Gasteiger partial charge on any atom is 0.286 e. The number of carbonyl (C=O) groups excluding carboxylic acids is 1. The zero-order valence-corrected chi connectivity index (χ0v) is 16.4. The van der Waals surface area contributed by atoms with Gasteiger partial charge in [0.1, 0.15) is 0 Å². The number of hydrogen-bond donors (Lipinski definition) is 0. The van der Waals surface area contributed by atoms with Gasteiger partial charge in [0.2, 0.25) is 5.75 Å². The molecule has 0 N–H and O–H groups in total. The number of hydrogen-bond acceptors (Lipinski definition) is 6. The number of thioether (sulfide) groups is 1. The molecule has 0 aromatic heterocycles. The first-order valence-corrected chi connectivity index (χ1v) is 9.45. The van der Waals surface area contributed by atoms with E-state index in [1.807, 2.05) is 18.2 Å². The highest BCUT2D eigenvalue weighted by Crippen LogP contribution is 2.40. The number of methoxy groups -OCH3 is 3. The number of aliphatic imine (C=N–C) groups is 1. The number of amides is 1. The second-order valence-electron chi connectivity index (χ2n) is 6.44. The minimum Gasteiger partial charge on any atom is -0.493 e. The predicted octanol–water partition coefficient (Wildman–Crippen LogP) is 3.41. The fraction of sp³-hybridized carbons (Fsp3) is 0.474. The van der Waals surface area contributed by atoms with E-state index in [1.165, 1.54) is 11.8 Å². The first kappa shape index (κ1) is 18.6. The van der Waals surface area contributed by atoms with Gasteiger partial charge in [-0.25, -0.2) is 0 Å². The van der Waals surface area contributed by atoms with Crippen LogP contribution in [-0.2, 0) is 4.79 Å². The van der Waals surface area contributed by atoms with E-state index in [0.29, 0.717) is 22.2 Å². The molecular formula is C19H24N2O4S. The average Bonchev–Trinajstić information content (AvgIpc) is 3.01. The number of benzene rings is 1. The van der Waals surface area contributed by atoms with Crippen molar-refractivity contribution in [1.82, 2.24) is 4.90 Å². The molecule has 1 aromatic carbocycles. The van der Waals surface area contributed by atoms with Gasteiger partial charge in [0.25, 0.3) is 5.91 Å². The largest absolute Gasteiger partial charge is 0.493 e. The molecule has 0 unspecified atom stereocenters. The van der Waals surface area contributed by atoms with Crippen molar-refractivity contribution in [1.29, 1.82) is 0 Å². The third-order valence-corrected chi connectivity index (χ3v) is 5.69. The fourth-order valence-electron chi connectivity index (χ4n) is 3.07. The minimum absolute atomic E-state index is 0.197. The highest BCUT2D eigenvalue weighted by Gasteiger charge is 2.28. The number of piperidine rings is 1. The van der Waals surface area contributed by atoms with Gasteiger partial charge in [-0.3, -0.25) is 4.79 Å². The topological polar surface area (TPSA) is 60.4 Å². The molecule has 2 heterocycles. The Kier molecular flexibility index (Phi) is 5.76. The summed E-state index contributed by atoms with van der Waals surface area (Å²) in [4.78, 5) is 19.4. The van der Waals surface area contributed by atoms with Crippen LogP contribution < -0.4 is 14.2 Å². The lowest BCUT2D eigenvalue weighted by Gasteiger charge is -2.30. The molecule has 6 nitrogen and oxygen atoms in total. The zero-order chi connectivity index (χ0) is 18.7. The lowest BCUT2D eigenvalue weighted by atomic mass is 10.00. The average molecular weight is 376 g/mol. The van der Waals surface area contributed by atoms with Crippen LogP contribution in [0.15, 0.2) is 22.0 Å². The molecule has 3 rings (SSSR count). The Hall–Kier alpha value is -2.15. The molecule has 0 saturated carbocycles. The van der Waals surface area contributed by atoms with Crippen LogP contribution in [0, 0.1) is 5.92 Å². The summed E-state index contributed by atoms with van der Waals surface area (Å²) in [5, 5.41) is 0.806. The lowest BCUT2D eigenvalue weighted by Crippen LogP contribution is -2.35. The van der Waals surface area contributed by atoms with Gasteiger partial charge in [0.05, 0.1) is 26.2 Å². The Labute approximate surface area is 158 Å². The van der Waals surface area contributed by atoms with Gasteiger partial charge in [-0.15, -0.1) is 0 Å². The van der Waals surface area contributed by atoms with Crippen molar-refractivity contribution in [3.05, 3.63) is 22.6 Å². The first-order valence-electron chi connectivity index (χ1n) is 8.63. The van der Waals surface area contributed by atoms with E-state index in [-0.39, 0.29) is 5.91 Å². The van der Waals surface area contributed by atoms with Crippen LogP contribution in [-0.4, -0.2) is 50.4 Å². The van der Waals surface area contributed by atoms with Crippen molar-refractivity contribution in [2.75, 3.05) is 34.4 Å². The molecule has 0 atom stereocenters. The van der Waals surface area contributed by atoms with Crippen molar-refractivity contribution in [3.8, 4) is 17.2 Å². The Morgan fingerprint density at radius 3 is 2.27 bits per heavy atom. The zero-order valence-electron chi connectivity index (χ0n) is 15.6. The smallest absolute Gasteiger partial charge is 0.286 e. The summed E-state index contributed by atoms with van der Waals surface area (Å²) < 4.78 is 16.1. The van der Waals surface area contributed by atoms with E-state index in [2.05, 4.69) is 16.8 Å². The van der Waals surface area contributed by atoms with Gasteiger partial charge < -0.3 is 19.1 Å². The number of carbonyl (C=O) groups is 1. The summed E-state index contributed by atoms with van der Waals surface area (Å²) in [7, 11) is 4.71. The van der Waals surface area contributed by atoms with Crippen molar-refractivity contribution in [2.45, 2.75) is 19.8 Å². The van der Waals surface area contributed by atoms with E-state index in [4.69, 9.17) is 14.2 Å². The van der Waals surface area contributed by atoms with E-state index in [0.717, 1.165) is 42.6 Å². The maximum atomic E-state index is 12.3. The molecule has 2 aliphatic heterocycles. The normalized spacial score (nSPS) is 19.7. The number of amidine groups is 1. The van der Waals surface area contributed by atoms with Crippen LogP contribution in [0.25, 0.3) is 6.08 Å². The summed E-state index contributed by atoms with van der Waals surface area (Å²) in [5.74, 6) is 2.18. The van der Waals surface area contributed by atoms with Gasteiger partial charge in [0.15, 0.2) is 16.7 Å². The van der Waals surface area contributed by atoms with Gasteiger partial charge >= 0.3 is 0 Å². The molecule has 0 radical (unpaired) electrons. The lowest BCUT2D eigenvalue weighted by molar-refractivity contribution is -0.113. The molecule has 0 bridgehead atoms. The molecule has 26 heavy (non-hydrogen) atoms. The Morgan fingerprint density at radius 2 is 1.73 bits per heavy atom. The molecule has 1 aromatic rings. The predicted molar refractivity (Wildman–Crippen MR) is 104 cm³/mol. The molecule has 0 spiro atoms. The standard InChI is InChI=1S/C19H24N2O4S/c1-12-5-7-21(8-6-12)19-20-18(22)16(26-19)11-13-9-14(23-2)17(25-4)15(10-13)24-3/h9-12H,5-8H2,1-4H3/b16-11+. The Bertz CT molecular complexity index is 727. The monoisotopic (exact) mass is 376 g/mol. The second kappa shape index (κ2) is 8.03. The summed E-state index contributed by atoms with van der Waals surface area (Å²) >= 11 is 1.43. The molecule has 1 saturated heterocycles. The Balaban J connectivity index is 1.82. The minimum atomic E-state index is -0.197. The van der Waals surface area contributed by atoms with Crippen molar-refractivity contribution < 1.29 is 19.0 Å². The van der Waals surface area contributed by atoms with Crippen LogP contribution in [0.2, 0.25) is 0 Å². The molecule has 1 amide bonds. The van der Waals surface area contributed by atoms with Crippen molar-refractivity contribution in [3.63, 3.8) is 0 Å². The van der Waals surface area contributed by atoms with Crippen LogP contribution in [0.4, 0.5) is 0 Å². The number of rotatable bonds is 4. The van der Waals surface area contributed by atoms with Crippen LogP contribution in [0.5, 0.6) is 17.2 Å². The van der Waals surface area contributed by atoms with Gasteiger partial charge in [-0.1, -0.05) is 6.92 Å². The summed E-state index contributed by atoms with van der Waals surface area (Å²) in [6.07, 6.45) is 4.10. The van der Waals surface area contributed by atoms with E-state index in [9.17, 15) is 4.79 Å². The van der Waals surface area contributed by atoms with E-state index < -0.39 is 0 Å². The number of nitrogens with zero attached hydrogens (tertiary/aromatic N) is 2. The van der Waals surface area contributed by atoms with E-state index >= 15 is 0 Å². The van der Waals surface area contributed by atoms with Crippen molar-refractivity contribution >= 4 is 28.9 Å². The highest BCUT2D eigenvalue weighted by molar-refractivity contribution is 8.18. The fourth-order valence-corrected chi connectivity index (χ4v) is 4.03. The molecular weight excluding hydrogens is 352 g/mol. The molecule has 1 fully saturated rings. The third-order valence-electron chi connectivity index (χ3n) is 4.65. The quantitative estimate of drug-likeness (QED) is 0.751. The van der Waals surface area contributed by atoms with Gasteiger partial charge in [-0.05, 0) is 54.3 Å². The first-order chi connectivity index (χ1) is 12.5. The molecule has 140 valence electrons. The maximum absolute atomic E-state index is 12.3. The van der Waals surface area contributed by atoms with Crippen molar-refractivity contribution in [2.24, 2.45) is 10.9 Å². The highest BCUT2D eigenvalue weighted by atomic mass is 32.2. The van der Waals surface area contributed by atoms with Gasteiger partial charge in [-0.2, -0.15) is 4.99 Å².